The number of ether oxygens (including phenoxy) is 1. The van der Waals surface area contributed by atoms with E-state index in [0.717, 1.165) is 5.56 Å². The van der Waals surface area contributed by atoms with Gasteiger partial charge in [0.15, 0.2) is 0 Å². The van der Waals surface area contributed by atoms with Crippen LogP contribution in [0.15, 0.2) is 30.3 Å². The molecule has 1 aromatic carbocycles. The van der Waals surface area contributed by atoms with Gasteiger partial charge in [0.2, 0.25) is 11.8 Å². The van der Waals surface area contributed by atoms with Crippen molar-refractivity contribution in [1.82, 2.24) is 4.90 Å². The van der Waals surface area contributed by atoms with Crippen molar-refractivity contribution in [3.63, 3.8) is 0 Å². The summed E-state index contributed by atoms with van der Waals surface area (Å²) in [5.74, 6) is -2.45. The molecule has 2 aliphatic heterocycles. The van der Waals surface area contributed by atoms with Crippen molar-refractivity contribution in [3.05, 3.63) is 35.9 Å². The van der Waals surface area contributed by atoms with Crippen molar-refractivity contribution in [2.75, 3.05) is 6.61 Å². The van der Waals surface area contributed by atoms with Crippen LogP contribution in [0.2, 0.25) is 0 Å². The zero-order chi connectivity index (χ0) is 16.1. The molecule has 1 aliphatic carbocycles. The monoisotopic (exact) mass is 321 g/mol. The maximum atomic E-state index is 13.5. The number of alkyl halides is 2. The van der Waals surface area contributed by atoms with E-state index in [-0.39, 0.29) is 30.7 Å². The predicted molar refractivity (Wildman–Crippen MR) is 80.9 cm³/mol. The summed E-state index contributed by atoms with van der Waals surface area (Å²) in [6.45, 7) is 0.461. The van der Waals surface area contributed by atoms with Crippen molar-refractivity contribution in [3.8, 4) is 0 Å². The highest BCUT2D eigenvalue weighted by molar-refractivity contribution is 5.80. The first kappa shape index (κ1) is 15.1. The third-order valence-corrected chi connectivity index (χ3v) is 5.72. The number of nitrogens with zero attached hydrogens (tertiary/aromatic N) is 1. The van der Waals surface area contributed by atoms with Gasteiger partial charge in [-0.3, -0.25) is 4.79 Å². The van der Waals surface area contributed by atoms with Crippen LogP contribution in [0, 0.1) is 5.92 Å². The van der Waals surface area contributed by atoms with Gasteiger partial charge in [-0.25, -0.2) is 8.78 Å². The van der Waals surface area contributed by atoms with Crippen LogP contribution in [0.1, 0.15) is 50.1 Å². The quantitative estimate of drug-likeness (QED) is 0.827. The Hall–Kier alpha value is -1.49. The summed E-state index contributed by atoms with van der Waals surface area (Å²) < 4.78 is 33.2. The third-order valence-electron chi connectivity index (χ3n) is 5.72. The number of hydrogen-bond donors (Lipinski definition) is 0. The Morgan fingerprint density at radius 2 is 1.78 bits per heavy atom. The van der Waals surface area contributed by atoms with E-state index in [2.05, 4.69) is 0 Å². The molecule has 2 atom stereocenters. The molecule has 23 heavy (non-hydrogen) atoms. The fourth-order valence-corrected chi connectivity index (χ4v) is 4.55. The molecule has 0 bridgehead atoms. The third kappa shape index (κ3) is 2.36. The number of fused-ring (bicyclic) bond motifs is 1. The van der Waals surface area contributed by atoms with Gasteiger partial charge >= 0.3 is 0 Å². The zero-order valence-electron chi connectivity index (χ0n) is 13.0. The molecule has 3 aliphatic rings. The zero-order valence-corrected chi connectivity index (χ0v) is 13.0. The van der Waals surface area contributed by atoms with Gasteiger partial charge < -0.3 is 9.64 Å². The molecule has 3 fully saturated rings. The lowest BCUT2D eigenvalue weighted by atomic mass is 9.78. The Morgan fingerprint density at radius 3 is 2.48 bits per heavy atom. The minimum atomic E-state index is -2.56. The number of rotatable bonds is 2. The van der Waals surface area contributed by atoms with Gasteiger partial charge in [0.1, 0.15) is 5.72 Å². The molecule has 1 unspecified atom stereocenters. The van der Waals surface area contributed by atoms with Gasteiger partial charge in [-0.05, 0) is 18.4 Å². The molecule has 0 radical (unpaired) electrons. The van der Waals surface area contributed by atoms with Crippen LogP contribution < -0.4 is 0 Å². The minimum absolute atomic E-state index is 0.0160. The summed E-state index contributed by atoms with van der Waals surface area (Å²) in [6, 6.07) is 9.78. The van der Waals surface area contributed by atoms with E-state index in [1.54, 1.807) is 0 Å². The number of amides is 1. The van der Waals surface area contributed by atoms with E-state index < -0.39 is 11.6 Å². The van der Waals surface area contributed by atoms with E-state index in [1.807, 2.05) is 35.2 Å². The standard InChI is InChI=1S/C18H21F2NO2/c19-17(20)9-6-14(7-10-17)18-11-8-16(22)21(18)15(12-23-18)13-4-2-1-3-5-13/h1-5,14-15H,6-12H2/t15-,18?/m0/s1. The van der Waals surface area contributed by atoms with Crippen molar-refractivity contribution < 1.29 is 18.3 Å². The molecule has 1 saturated carbocycles. The summed E-state index contributed by atoms with van der Waals surface area (Å²) in [6.07, 6.45) is 1.75. The lowest BCUT2D eigenvalue weighted by molar-refractivity contribution is -0.158. The van der Waals surface area contributed by atoms with Crippen molar-refractivity contribution in [1.29, 1.82) is 0 Å². The van der Waals surface area contributed by atoms with Crippen LogP contribution in [0.3, 0.4) is 0 Å². The average Bonchev–Trinajstić information content (AvgIpc) is 3.08. The molecule has 0 aromatic heterocycles. The van der Waals surface area contributed by atoms with Crippen LogP contribution >= 0.6 is 0 Å². The molecular weight excluding hydrogens is 300 g/mol. The molecule has 0 N–H and O–H groups in total. The fourth-order valence-electron chi connectivity index (χ4n) is 4.55. The van der Waals surface area contributed by atoms with Crippen molar-refractivity contribution in [2.45, 2.75) is 56.2 Å². The molecule has 124 valence electrons. The highest BCUT2D eigenvalue weighted by atomic mass is 19.3. The Bertz CT molecular complexity index is 596. The first-order chi connectivity index (χ1) is 11.0. The number of carbonyl (C=O) groups excluding carboxylic acids is 1. The molecular formula is C18H21F2NO2. The second-order valence-corrected chi connectivity index (χ2v) is 6.98. The number of carbonyl (C=O) groups is 1. The van der Waals surface area contributed by atoms with Crippen LogP contribution in [-0.2, 0) is 9.53 Å². The maximum Gasteiger partial charge on any atom is 0.248 e. The number of hydrogen-bond acceptors (Lipinski definition) is 2. The summed E-state index contributed by atoms with van der Waals surface area (Å²) >= 11 is 0. The van der Waals surface area contributed by atoms with Crippen LogP contribution in [0.5, 0.6) is 0 Å². The Labute approximate surface area is 134 Å². The minimum Gasteiger partial charge on any atom is -0.353 e. The van der Waals surface area contributed by atoms with Gasteiger partial charge in [0.25, 0.3) is 0 Å². The van der Waals surface area contributed by atoms with Gasteiger partial charge in [0.05, 0.1) is 12.6 Å². The van der Waals surface area contributed by atoms with Gasteiger partial charge in [-0.15, -0.1) is 0 Å². The summed E-state index contributed by atoms with van der Waals surface area (Å²) in [5, 5.41) is 0. The molecule has 1 aromatic rings. The van der Waals surface area contributed by atoms with Gasteiger partial charge in [0, 0.05) is 31.6 Å². The highest BCUT2D eigenvalue weighted by Gasteiger charge is 2.59. The fraction of sp³-hybridized carbons (Fsp3) is 0.611. The topological polar surface area (TPSA) is 29.5 Å². The SMILES string of the molecule is O=C1CCC2(C3CCC(F)(F)CC3)OC[C@@H](c3ccccc3)N12. The van der Waals surface area contributed by atoms with Crippen LogP contribution in [0.4, 0.5) is 8.78 Å². The van der Waals surface area contributed by atoms with E-state index in [9.17, 15) is 13.6 Å². The van der Waals surface area contributed by atoms with Gasteiger partial charge in [-0.1, -0.05) is 30.3 Å². The van der Waals surface area contributed by atoms with Crippen LogP contribution in [-0.4, -0.2) is 29.1 Å². The molecule has 4 rings (SSSR count). The summed E-state index contributed by atoms with van der Waals surface area (Å²) in [5.41, 5.74) is 0.402. The number of halogens is 2. The Kier molecular flexibility index (Phi) is 3.45. The summed E-state index contributed by atoms with van der Waals surface area (Å²) in [7, 11) is 0. The second kappa shape index (κ2) is 5.26. The summed E-state index contributed by atoms with van der Waals surface area (Å²) in [4.78, 5) is 14.4. The second-order valence-electron chi connectivity index (χ2n) is 6.98. The highest BCUT2D eigenvalue weighted by Crippen LogP contribution is 2.53. The Morgan fingerprint density at radius 1 is 1.09 bits per heavy atom. The van der Waals surface area contributed by atoms with Gasteiger partial charge in [-0.2, -0.15) is 0 Å². The van der Waals surface area contributed by atoms with Crippen molar-refractivity contribution >= 4 is 5.91 Å². The molecule has 1 amide bonds. The molecule has 0 spiro atoms. The maximum absolute atomic E-state index is 13.5. The molecule has 3 nitrogen and oxygen atoms in total. The largest absolute Gasteiger partial charge is 0.353 e. The van der Waals surface area contributed by atoms with Crippen LogP contribution in [0.25, 0.3) is 0 Å². The van der Waals surface area contributed by atoms with E-state index in [1.165, 1.54) is 0 Å². The first-order valence-electron chi connectivity index (χ1n) is 8.41. The number of benzene rings is 1. The average molecular weight is 321 g/mol. The molecule has 2 heterocycles. The molecule has 5 heteroatoms. The first-order valence-corrected chi connectivity index (χ1v) is 8.41. The van der Waals surface area contributed by atoms with Crippen molar-refractivity contribution in [2.24, 2.45) is 5.92 Å². The van der Waals surface area contributed by atoms with E-state index >= 15 is 0 Å². The Balaban J connectivity index is 1.62. The predicted octanol–water partition coefficient (Wildman–Crippen LogP) is 3.90. The molecule has 2 saturated heterocycles. The normalized spacial score (nSPS) is 33.9. The lowest BCUT2D eigenvalue weighted by Crippen LogP contribution is -2.50. The van der Waals surface area contributed by atoms with E-state index in [4.69, 9.17) is 4.74 Å². The van der Waals surface area contributed by atoms with E-state index in [0.29, 0.717) is 32.3 Å². The lowest BCUT2D eigenvalue weighted by Gasteiger charge is -2.42. The smallest absolute Gasteiger partial charge is 0.248 e.